The molecule has 0 unspecified atom stereocenters. The van der Waals surface area contributed by atoms with Crippen LogP contribution in [0.2, 0.25) is 0 Å². The van der Waals surface area contributed by atoms with Gasteiger partial charge >= 0.3 is 0 Å². The molecule has 6 rings (SSSR count). The Kier molecular flexibility index (Phi) is 3.48. The third-order valence-electron chi connectivity index (χ3n) is 6.14. The van der Waals surface area contributed by atoms with Crippen molar-refractivity contribution < 1.29 is 0 Å². The van der Waals surface area contributed by atoms with Crippen LogP contribution in [-0.4, -0.2) is 0 Å². The lowest BCUT2D eigenvalue weighted by atomic mass is 9.85. The van der Waals surface area contributed by atoms with Gasteiger partial charge in [-0.25, -0.2) is 0 Å². The number of hydrogen-bond donors (Lipinski definition) is 0. The standard InChI is InChI=1S/C29H20/c1-19-9-8-16-26-27(19)18-22-12-4-7-15-25(22)29(26)28-23-13-5-2-10-20(23)17-21-11-3-6-14-24(21)28/h2-18H,1H3. The fourth-order valence-electron chi connectivity index (χ4n) is 4.79. The Morgan fingerprint density at radius 2 is 0.828 bits per heavy atom. The van der Waals surface area contributed by atoms with Crippen molar-refractivity contribution >= 4 is 43.1 Å². The predicted octanol–water partition coefficient (Wildman–Crippen LogP) is 8.27. The first-order valence-corrected chi connectivity index (χ1v) is 10.1. The first-order valence-electron chi connectivity index (χ1n) is 10.1. The lowest BCUT2D eigenvalue weighted by Gasteiger charge is -2.18. The van der Waals surface area contributed by atoms with Gasteiger partial charge in [-0.1, -0.05) is 91.0 Å². The molecule has 0 aromatic heterocycles. The highest BCUT2D eigenvalue weighted by atomic mass is 14.2. The highest BCUT2D eigenvalue weighted by Crippen LogP contribution is 2.43. The minimum absolute atomic E-state index is 1.29. The van der Waals surface area contributed by atoms with Crippen LogP contribution in [0, 0.1) is 6.92 Å². The second kappa shape index (κ2) is 6.18. The van der Waals surface area contributed by atoms with Crippen molar-refractivity contribution in [3.63, 3.8) is 0 Å². The Hall–Kier alpha value is -3.64. The molecular formula is C29H20. The van der Waals surface area contributed by atoms with E-state index in [1.165, 1.54) is 59.8 Å². The van der Waals surface area contributed by atoms with Gasteiger partial charge in [0.25, 0.3) is 0 Å². The summed E-state index contributed by atoms with van der Waals surface area (Å²) < 4.78 is 0. The fourth-order valence-corrected chi connectivity index (χ4v) is 4.79. The highest BCUT2D eigenvalue weighted by Gasteiger charge is 2.16. The third-order valence-corrected chi connectivity index (χ3v) is 6.14. The van der Waals surface area contributed by atoms with E-state index in [2.05, 4.69) is 110 Å². The molecule has 0 spiro atoms. The van der Waals surface area contributed by atoms with Crippen LogP contribution >= 0.6 is 0 Å². The highest BCUT2D eigenvalue weighted by molar-refractivity contribution is 6.23. The van der Waals surface area contributed by atoms with Crippen molar-refractivity contribution in [3.8, 4) is 11.1 Å². The normalized spacial score (nSPS) is 11.6. The summed E-state index contributed by atoms with van der Waals surface area (Å²) in [7, 11) is 0. The zero-order chi connectivity index (χ0) is 19.4. The van der Waals surface area contributed by atoms with E-state index < -0.39 is 0 Å². The van der Waals surface area contributed by atoms with E-state index >= 15 is 0 Å². The number of fused-ring (bicyclic) bond motifs is 4. The maximum absolute atomic E-state index is 2.34. The van der Waals surface area contributed by atoms with Crippen molar-refractivity contribution in [1.82, 2.24) is 0 Å². The first-order chi connectivity index (χ1) is 14.3. The monoisotopic (exact) mass is 368 g/mol. The Balaban J connectivity index is 1.95. The van der Waals surface area contributed by atoms with E-state index in [1.54, 1.807) is 0 Å². The van der Waals surface area contributed by atoms with Crippen LogP contribution in [0.25, 0.3) is 54.2 Å². The van der Waals surface area contributed by atoms with Gasteiger partial charge in [-0.2, -0.15) is 0 Å². The lowest BCUT2D eigenvalue weighted by molar-refractivity contribution is 1.54. The summed E-state index contributed by atoms with van der Waals surface area (Å²) in [6.07, 6.45) is 0. The molecule has 0 heterocycles. The van der Waals surface area contributed by atoms with E-state index in [0.717, 1.165) is 0 Å². The molecule has 0 nitrogen and oxygen atoms in total. The minimum atomic E-state index is 1.29. The van der Waals surface area contributed by atoms with Gasteiger partial charge in [0.1, 0.15) is 0 Å². The van der Waals surface area contributed by atoms with Crippen LogP contribution in [0.15, 0.2) is 103 Å². The van der Waals surface area contributed by atoms with Crippen LogP contribution in [0.5, 0.6) is 0 Å². The van der Waals surface area contributed by atoms with Gasteiger partial charge < -0.3 is 0 Å². The molecule has 0 saturated carbocycles. The summed E-state index contributed by atoms with van der Waals surface area (Å²) in [5.41, 5.74) is 4.00. The molecule has 0 aliphatic rings. The molecule has 0 bridgehead atoms. The van der Waals surface area contributed by atoms with Crippen LogP contribution in [0.1, 0.15) is 5.56 Å². The summed E-state index contributed by atoms with van der Waals surface area (Å²) in [5.74, 6) is 0. The molecule has 0 aliphatic heterocycles. The number of benzene rings is 6. The predicted molar refractivity (Wildman–Crippen MR) is 127 cm³/mol. The van der Waals surface area contributed by atoms with Crippen molar-refractivity contribution in [3.05, 3.63) is 109 Å². The molecule has 0 heteroatoms. The molecule has 0 aliphatic carbocycles. The SMILES string of the molecule is Cc1cccc2c(-c3c4ccccc4cc4ccccc34)c3ccccc3cc12. The number of rotatable bonds is 1. The molecule has 136 valence electrons. The van der Waals surface area contributed by atoms with Gasteiger partial charge in [-0.3, -0.25) is 0 Å². The molecule has 0 N–H and O–H groups in total. The van der Waals surface area contributed by atoms with E-state index in [9.17, 15) is 0 Å². The van der Waals surface area contributed by atoms with Crippen LogP contribution in [-0.2, 0) is 0 Å². The van der Waals surface area contributed by atoms with Gasteiger partial charge in [0, 0.05) is 0 Å². The zero-order valence-electron chi connectivity index (χ0n) is 16.3. The van der Waals surface area contributed by atoms with Crippen molar-refractivity contribution in [1.29, 1.82) is 0 Å². The Bertz CT molecular complexity index is 1500. The summed E-state index contributed by atoms with van der Waals surface area (Å²) in [4.78, 5) is 0. The quantitative estimate of drug-likeness (QED) is 0.256. The molecule has 29 heavy (non-hydrogen) atoms. The minimum Gasteiger partial charge on any atom is -0.0616 e. The maximum atomic E-state index is 2.34. The number of aryl methyl sites for hydroxylation is 1. The van der Waals surface area contributed by atoms with Gasteiger partial charge in [-0.05, 0) is 78.8 Å². The Labute approximate surface area is 170 Å². The molecular weight excluding hydrogens is 348 g/mol. The topological polar surface area (TPSA) is 0 Å². The van der Waals surface area contributed by atoms with Crippen LogP contribution in [0.4, 0.5) is 0 Å². The van der Waals surface area contributed by atoms with Crippen molar-refractivity contribution in [2.24, 2.45) is 0 Å². The molecule has 0 fully saturated rings. The second-order valence-corrected chi connectivity index (χ2v) is 7.84. The Morgan fingerprint density at radius 1 is 0.379 bits per heavy atom. The molecule has 0 atom stereocenters. The van der Waals surface area contributed by atoms with Gasteiger partial charge in [0.2, 0.25) is 0 Å². The molecule has 0 saturated heterocycles. The molecule has 0 amide bonds. The average molecular weight is 368 g/mol. The van der Waals surface area contributed by atoms with Crippen LogP contribution in [0.3, 0.4) is 0 Å². The molecule has 6 aromatic rings. The summed E-state index contributed by atoms with van der Waals surface area (Å²) in [5, 5.41) is 10.5. The van der Waals surface area contributed by atoms with E-state index in [1.807, 2.05) is 0 Å². The van der Waals surface area contributed by atoms with E-state index in [-0.39, 0.29) is 0 Å². The average Bonchev–Trinajstić information content (AvgIpc) is 2.77. The molecule has 6 aromatic carbocycles. The lowest BCUT2D eigenvalue weighted by Crippen LogP contribution is -1.90. The largest absolute Gasteiger partial charge is 0.0616 e. The summed E-state index contributed by atoms with van der Waals surface area (Å²) >= 11 is 0. The van der Waals surface area contributed by atoms with Crippen molar-refractivity contribution in [2.45, 2.75) is 6.92 Å². The van der Waals surface area contributed by atoms with E-state index in [0.29, 0.717) is 0 Å². The Morgan fingerprint density at radius 3 is 1.41 bits per heavy atom. The maximum Gasteiger partial charge on any atom is -0.00142 e. The van der Waals surface area contributed by atoms with Gasteiger partial charge in [-0.15, -0.1) is 0 Å². The van der Waals surface area contributed by atoms with Crippen molar-refractivity contribution in [2.75, 3.05) is 0 Å². The summed E-state index contributed by atoms with van der Waals surface area (Å²) in [6, 6.07) is 37.7. The second-order valence-electron chi connectivity index (χ2n) is 7.84. The molecule has 0 radical (unpaired) electrons. The summed E-state index contributed by atoms with van der Waals surface area (Å²) in [6.45, 7) is 2.21. The van der Waals surface area contributed by atoms with Gasteiger partial charge in [0.15, 0.2) is 0 Å². The fraction of sp³-hybridized carbons (Fsp3) is 0.0345. The number of hydrogen-bond acceptors (Lipinski definition) is 0. The smallest absolute Gasteiger partial charge is 0.00142 e. The first kappa shape index (κ1) is 16.3. The third kappa shape index (κ3) is 2.39. The zero-order valence-corrected chi connectivity index (χ0v) is 16.3. The van der Waals surface area contributed by atoms with Gasteiger partial charge in [0.05, 0.1) is 0 Å². The van der Waals surface area contributed by atoms with E-state index in [4.69, 9.17) is 0 Å². The van der Waals surface area contributed by atoms with Crippen LogP contribution < -0.4 is 0 Å².